The van der Waals surface area contributed by atoms with Crippen molar-refractivity contribution < 1.29 is 4.90 Å². The molecular formula is C17H28N5S+. The second-order valence-corrected chi connectivity index (χ2v) is 8.40. The highest BCUT2D eigenvalue weighted by molar-refractivity contribution is 7.10. The van der Waals surface area contributed by atoms with Gasteiger partial charge in [-0.25, -0.2) is 4.68 Å². The van der Waals surface area contributed by atoms with Gasteiger partial charge < -0.3 is 4.90 Å². The molecule has 1 N–H and O–H groups in total. The molecule has 0 bridgehead atoms. The smallest absolute Gasteiger partial charge is 0.215 e. The zero-order chi connectivity index (χ0) is 16.4. The van der Waals surface area contributed by atoms with E-state index in [1.54, 1.807) is 4.90 Å². The molecule has 1 aliphatic rings. The molecule has 0 radical (unpaired) electrons. The van der Waals surface area contributed by atoms with E-state index in [1.807, 2.05) is 11.3 Å². The maximum absolute atomic E-state index is 4.47. The summed E-state index contributed by atoms with van der Waals surface area (Å²) in [6.07, 6.45) is 3.64. The Morgan fingerprint density at radius 1 is 1.48 bits per heavy atom. The molecular weight excluding hydrogens is 306 g/mol. The Hall–Kier alpha value is -1.27. The van der Waals surface area contributed by atoms with Crippen LogP contribution < -0.4 is 4.90 Å². The third-order valence-corrected chi connectivity index (χ3v) is 6.17. The molecule has 0 amide bonds. The average Bonchev–Trinajstić information content (AvgIpc) is 3.20. The third kappa shape index (κ3) is 3.33. The fourth-order valence-corrected chi connectivity index (χ4v) is 4.39. The minimum atomic E-state index is -0.0603. The summed E-state index contributed by atoms with van der Waals surface area (Å²) in [5, 5.41) is 15.0. The molecule has 3 rings (SSSR count). The molecule has 0 spiro atoms. The van der Waals surface area contributed by atoms with Crippen molar-refractivity contribution in [2.75, 3.05) is 13.1 Å². The highest BCUT2D eigenvalue weighted by Crippen LogP contribution is 2.27. The Morgan fingerprint density at radius 3 is 2.96 bits per heavy atom. The van der Waals surface area contributed by atoms with Crippen molar-refractivity contribution in [3.8, 4) is 0 Å². The lowest BCUT2D eigenvalue weighted by molar-refractivity contribution is -0.934. The molecule has 0 aromatic carbocycles. The predicted molar refractivity (Wildman–Crippen MR) is 92.7 cm³/mol. The topological polar surface area (TPSA) is 48.0 Å². The van der Waals surface area contributed by atoms with Crippen LogP contribution in [-0.2, 0) is 5.54 Å². The Labute approximate surface area is 142 Å². The molecule has 6 heteroatoms. The van der Waals surface area contributed by atoms with Crippen molar-refractivity contribution >= 4 is 11.3 Å². The van der Waals surface area contributed by atoms with Gasteiger partial charge in [-0.05, 0) is 55.0 Å². The maximum atomic E-state index is 4.47. The van der Waals surface area contributed by atoms with Gasteiger partial charge in [0.25, 0.3) is 0 Å². The number of nitrogens with one attached hydrogen (secondary N) is 1. The summed E-state index contributed by atoms with van der Waals surface area (Å²) < 4.78 is 2.06. The van der Waals surface area contributed by atoms with Gasteiger partial charge in [-0.2, -0.15) is 0 Å². The Kier molecular flexibility index (Phi) is 4.82. The minimum absolute atomic E-state index is 0.0603. The summed E-state index contributed by atoms with van der Waals surface area (Å²) in [7, 11) is 0. The molecule has 0 saturated carbocycles. The zero-order valence-electron chi connectivity index (χ0n) is 14.6. The van der Waals surface area contributed by atoms with E-state index in [4.69, 9.17) is 0 Å². The second-order valence-electron chi connectivity index (χ2n) is 7.42. The van der Waals surface area contributed by atoms with Gasteiger partial charge in [-0.15, -0.1) is 16.4 Å². The molecule has 2 aromatic heterocycles. The Balaban J connectivity index is 2.02. The maximum Gasteiger partial charge on any atom is 0.215 e. The highest BCUT2D eigenvalue weighted by atomic mass is 32.1. The first-order valence-electron chi connectivity index (χ1n) is 8.69. The van der Waals surface area contributed by atoms with E-state index in [0.29, 0.717) is 0 Å². The van der Waals surface area contributed by atoms with Gasteiger partial charge >= 0.3 is 0 Å². The van der Waals surface area contributed by atoms with Crippen LogP contribution in [0.1, 0.15) is 63.7 Å². The van der Waals surface area contributed by atoms with Crippen molar-refractivity contribution in [1.29, 1.82) is 0 Å². The van der Waals surface area contributed by atoms with Gasteiger partial charge in [-0.1, -0.05) is 19.9 Å². The number of aromatic nitrogens is 4. The number of thiophene rings is 1. The number of quaternary nitrogens is 1. The summed E-state index contributed by atoms with van der Waals surface area (Å²) in [6.45, 7) is 11.4. The first kappa shape index (κ1) is 16.6. The van der Waals surface area contributed by atoms with Crippen molar-refractivity contribution in [2.24, 2.45) is 5.92 Å². The van der Waals surface area contributed by atoms with Gasteiger partial charge in [0.2, 0.25) is 5.82 Å². The quantitative estimate of drug-likeness (QED) is 0.912. The van der Waals surface area contributed by atoms with E-state index in [1.165, 1.54) is 30.8 Å². The Morgan fingerprint density at radius 2 is 2.30 bits per heavy atom. The first-order chi connectivity index (χ1) is 11.0. The number of nitrogens with zero attached hydrogens (tertiary/aromatic N) is 4. The van der Waals surface area contributed by atoms with Crippen LogP contribution in [0.3, 0.4) is 0 Å². The molecule has 3 heterocycles. The van der Waals surface area contributed by atoms with Crippen LogP contribution in [0.15, 0.2) is 17.5 Å². The minimum Gasteiger partial charge on any atom is -0.321 e. The van der Waals surface area contributed by atoms with Crippen molar-refractivity contribution in [2.45, 2.75) is 58.5 Å². The van der Waals surface area contributed by atoms with Crippen LogP contribution in [0.2, 0.25) is 0 Å². The van der Waals surface area contributed by atoms with Gasteiger partial charge in [0.05, 0.1) is 23.5 Å². The van der Waals surface area contributed by atoms with Crippen molar-refractivity contribution in [1.82, 2.24) is 20.2 Å². The van der Waals surface area contributed by atoms with E-state index < -0.39 is 0 Å². The van der Waals surface area contributed by atoms with Gasteiger partial charge in [-0.3, -0.25) is 0 Å². The van der Waals surface area contributed by atoms with Crippen LogP contribution in [-0.4, -0.2) is 33.3 Å². The summed E-state index contributed by atoms with van der Waals surface area (Å²) in [6, 6.07) is 4.62. The molecule has 5 nitrogen and oxygen atoms in total. The summed E-state index contributed by atoms with van der Waals surface area (Å²) >= 11 is 1.82. The first-order valence-corrected chi connectivity index (χ1v) is 9.57. The number of tetrazole rings is 1. The monoisotopic (exact) mass is 334 g/mol. The second kappa shape index (κ2) is 6.69. The molecule has 23 heavy (non-hydrogen) atoms. The van der Waals surface area contributed by atoms with E-state index >= 15 is 0 Å². The van der Waals surface area contributed by atoms with Crippen LogP contribution in [0, 0.1) is 5.92 Å². The zero-order valence-corrected chi connectivity index (χ0v) is 15.4. The van der Waals surface area contributed by atoms with E-state index in [2.05, 4.69) is 65.4 Å². The predicted octanol–water partition coefficient (Wildman–Crippen LogP) is 2.28. The standard InChI is InChI=1S/C17H27N5S/c1-5-17(3,4)22-16(18-19-20-22)15(14-9-7-11-23-14)21-10-6-8-13(2)12-21/h7,9,11,13,15H,5-6,8,10,12H2,1-4H3/p+1/t13-,15-/m0/s1. The van der Waals surface area contributed by atoms with Crippen LogP contribution in [0.5, 0.6) is 0 Å². The van der Waals surface area contributed by atoms with E-state index in [-0.39, 0.29) is 11.6 Å². The molecule has 126 valence electrons. The lowest BCUT2D eigenvalue weighted by atomic mass is 9.97. The fraction of sp³-hybridized carbons (Fsp3) is 0.706. The Bertz CT molecular complexity index is 619. The molecule has 1 unspecified atom stereocenters. The number of likely N-dealkylation sites (tertiary alicyclic amines) is 1. The summed E-state index contributed by atoms with van der Waals surface area (Å²) in [5.74, 6) is 1.79. The molecule has 1 fully saturated rings. The molecule has 1 aliphatic heterocycles. The van der Waals surface area contributed by atoms with Gasteiger partial charge in [0.1, 0.15) is 0 Å². The number of hydrogen-bond acceptors (Lipinski definition) is 4. The summed E-state index contributed by atoms with van der Waals surface area (Å²) in [5.41, 5.74) is -0.0603. The van der Waals surface area contributed by atoms with Crippen LogP contribution in [0.4, 0.5) is 0 Å². The third-order valence-electron chi connectivity index (χ3n) is 5.23. The molecule has 1 saturated heterocycles. The largest absolute Gasteiger partial charge is 0.321 e. The normalized spacial score (nSPS) is 23.8. The SMILES string of the molecule is CCC(C)(C)n1nnnc1[C@H](c1cccs1)[NH+]1CCC[C@H](C)C1. The number of piperidine rings is 1. The van der Waals surface area contributed by atoms with Gasteiger partial charge in [0, 0.05) is 5.92 Å². The van der Waals surface area contributed by atoms with E-state index in [9.17, 15) is 0 Å². The lowest BCUT2D eigenvalue weighted by Crippen LogP contribution is -3.14. The average molecular weight is 335 g/mol. The number of rotatable bonds is 5. The van der Waals surface area contributed by atoms with Crippen molar-refractivity contribution in [3.63, 3.8) is 0 Å². The van der Waals surface area contributed by atoms with Crippen LogP contribution >= 0.6 is 11.3 Å². The fourth-order valence-electron chi connectivity index (χ4n) is 3.51. The molecule has 2 aromatic rings. The van der Waals surface area contributed by atoms with E-state index in [0.717, 1.165) is 18.2 Å². The molecule has 0 aliphatic carbocycles. The summed E-state index contributed by atoms with van der Waals surface area (Å²) in [4.78, 5) is 2.98. The lowest BCUT2D eigenvalue weighted by Gasteiger charge is -2.34. The number of hydrogen-bond donors (Lipinski definition) is 1. The van der Waals surface area contributed by atoms with Crippen molar-refractivity contribution in [3.05, 3.63) is 28.2 Å². The van der Waals surface area contributed by atoms with Crippen LogP contribution in [0.25, 0.3) is 0 Å². The highest BCUT2D eigenvalue weighted by Gasteiger charge is 2.37. The molecule has 3 atom stereocenters. The van der Waals surface area contributed by atoms with Gasteiger partial charge in [0.15, 0.2) is 6.04 Å².